The maximum Gasteiger partial charge on any atom is 0.251 e. The maximum atomic E-state index is 11.7. The van der Waals surface area contributed by atoms with Crippen molar-refractivity contribution >= 4 is 5.91 Å². The Hall–Kier alpha value is -2.18. The molecular formula is C11H14N4O3. The molecule has 18 heavy (non-hydrogen) atoms. The molecule has 1 rings (SSSR count). The van der Waals surface area contributed by atoms with Crippen LogP contribution < -0.4 is 5.32 Å². The Morgan fingerprint density at radius 2 is 2.22 bits per heavy atom. The molecule has 7 nitrogen and oxygen atoms in total. The second kappa shape index (κ2) is 7.21. The highest BCUT2D eigenvalue weighted by Crippen LogP contribution is 2.22. The first kappa shape index (κ1) is 13.9. The van der Waals surface area contributed by atoms with Crippen molar-refractivity contribution in [3.8, 4) is 0 Å². The van der Waals surface area contributed by atoms with Gasteiger partial charge < -0.3 is 5.32 Å². The van der Waals surface area contributed by atoms with E-state index in [0.717, 1.165) is 6.42 Å². The van der Waals surface area contributed by atoms with Crippen LogP contribution in [0.3, 0.4) is 0 Å². The summed E-state index contributed by atoms with van der Waals surface area (Å²) in [5.41, 5.74) is 0.392. The number of nitroso groups, excluding NO2 is 2. The predicted molar refractivity (Wildman–Crippen MR) is 65.7 cm³/mol. The number of nitrogens with zero attached hydrogens (tertiary/aromatic N) is 3. The van der Waals surface area contributed by atoms with Crippen LogP contribution >= 0.6 is 0 Å². The van der Waals surface area contributed by atoms with Gasteiger partial charge in [-0.15, -0.1) is 4.91 Å². The van der Waals surface area contributed by atoms with Crippen LogP contribution in [0.15, 0.2) is 34.9 Å². The Bertz CT molecular complexity index is 410. The molecule has 1 heterocycles. The summed E-state index contributed by atoms with van der Waals surface area (Å²) in [6, 6.07) is 0.662. The van der Waals surface area contributed by atoms with E-state index >= 15 is 0 Å². The Labute approximate surface area is 104 Å². The van der Waals surface area contributed by atoms with Crippen molar-refractivity contribution in [3.63, 3.8) is 0 Å². The van der Waals surface area contributed by atoms with E-state index in [1.807, 2.05) is 6.92 Å². The van der Waals surface area contributed by atoms with E-state index in [1.165, 1.54) is 12.4 Å². The number of pyridine rings is 1. The average molecular weight is 250 g/mol. The molecule has 0 aliphatic rings. The van der Waals surface area contributed by atoms with Crippen LogP contribution in [0.4, 0.5) is 0 Å². The van der Waals surface area contributed by atoms with Gasteiger partial charge in [0.05, 0.1) is 0 Å². The number of carbonyl (C=O) groups excluding carboxylic acids is 1. The molecule has 1 aromatic heterocycles. The zero-order chi connectivity index (χ0) is 13.4. The predicted octanol–water partition coefficient (Wildman–Crippen LogP) is 1.55. The van der Waals surface area contributed by atoms with E-state index < -0.39 is 18.0 Å². The molecule has 0 fully saturated rings. The van der Waals surface area contributed by atoms with Crippen molar-refractivity contribution in [2.45, 2.75) is 25.4 Å². The van der Waals surface area contributed by atoms with Crippen LogP contribution in [0, 0.1) is 9.81 Å². The number of hydrogen-bond acceptors (Lipinski definition) is 6. The summed E-state index contributed by atoms with van der Waals surface area (Å²) in [6.07, 6.45) is 3.63. The lowest BCUT2D eigenvalue weighted by molar-refractivity contribution is -0.122. The molecule has 0 bridgehead atoms. The normalized spacial score (nSPS) is 13.4. The van der Waals surface area contributed by atoms with Crippen LogP contribution in [0.2, 0.25) is 0 Å². The standard InChI is InChI=1S/C11H14N4O3/c1-2-5-13-11(16)10(15-18)9(14-17)8-4-3-6-12-7-8/h3-4,6-7,9-10H,2,5H2,1H3,(H,13,16). The minimum Gasteiger partial charge on any atom is -0.354 e. The molecule has 1 aromatic rings. The van der Waals surface area contributed by atoms with Crippen molar-refractivity contribution in [1.29, 1.82) is 0 Å². The Morgan fingerprint density at radius 1 is 1.44 bits per heavy atom. The summed E-state index contributed by atoms with van der Waals surface area (Å²) in [6.45, 7) is 2.30. The first-order chi connectivity index (χ1) is 8.74. The van der Waals surface area contributed by atoms with Gasteiger partial charge in [0.25, 0.3) is 5.91 Å². The number of rotatable bonds is 7. The third-order valence-corrected chi connectivity index (χ3v) is 2.37. The second-order valence-electron chi connectivity index (χ2n) is 3.68. The molecule has 96 valence electrons. The zero-order valence-corrected chi connectivity index (χ0v) is 9.94. The highest BCUT2D eigenvalue weighted by molar-refractivity contribution is 5.83. The first-order valence-electron chi connectivity index (χ1n) is 5.57. The topological polar surface area (TPSA) is 101 Å². The van der Waals surface area contributed by atoms with Crippen molar-refractivity contribution in [2.24, 2.45) is 10.4 Å². The second-order valence-corrected chi connectivity index (χ2v) is 3.68. The highest BCUT2D eigenvalue weighted by Gasteiger charge is 2.32. The fourth-order valence-corrected chi connectivity index (χ4v) is 1.45. The van der Waals surface area contributed by atoms with Crippen LogP contribution in [0.1, 0.15) is 24.9 Å². The van der Waals surface area contributed by atoms with Gasteiger partial charge in [-0.1, -0.05) is 23.3 Å². The number of nitrogens with one attached hydrogen (secondary N) is 1. The van der Waals surface area contributed by atoms with Gasteiger partial charge in [-0.05, 0) is 12.5 Å². The Kier molecular flexibility index (Phi) is 5.56. The number of amides is 1. The van der Waals surface area contributed by atoms with Gasteiger partial charge in [0, 0.05) is 24.5 Å². The van der Waals surface area contributed by atoms with Crippen molar-refractivity contribution in [3.05, 3.63) is 39.9 Å². The summed E-state index contributed by atoms with van der Waals surface area (Å²) in [5.74, 6) is -0.597. The molecular weight excluding hydrogens is 236 g/mol. The van der Waals surface area contributed by atoms with Crippen LogP contribution in [0.25, 0.3) is 0 Å². The maximum absolute atomic E-state index is 11.7. The number of carbonyl (C=O) groups is 1. The van der Waals surface area contributed by atoms with Crippen molar-refractivity contribution < 1.29 is 4.79 Å². The largest absolute Gasteiger partial charge is 0.354 e. The van der Waals surface area contributed by atoms with Gasteiger partial charge in [-0.2, -0.15) is 4.91 Å². The minimum absolute atomic E-state index is 0.392. The van der Waals surface area contributed by atoms with E-state index in [1.54, 1.807) is 12.1 Å². The molecule has 0 aliphatic carbocycles. The Balaban J connectivity index is 2.87. The molecule has 2 atom stereocenters. The van der Waals surface area contributed by atoms with E-state index in [4.69, 9.17) is 0 Å². The Morgan fingerprint density at radius 3 is 2.72 bits per heavy atom. The monoisotopic (exact) mass is 250 g/mol. The van der Waals surface area contributed by atoms with E-state index in [-0.39, 0.29) is 0 Å². The molecule has 0 radical (unpaired) electrons. The fraction of sp³-hybridized carbons (Fsp3) is 0.455. The lowest BCUT2D eigenvalue weighted by atomic mass is 10.0. The van der Waals surface area contributed by atoms with Crippen molar-refractivity contribution in [2.75, 3.05) is 6.54 Å². The molecule has 0 saturated carbocycles. The molecule has 1 N–H and O–H groups in total. The molecule has 2 unspecified atom stereocenters. The number of hydrogen-bond donors (Lipinski definition) is 1. The quantitative estimate of drug-likeness (QED) is 0.741. The highest BCUT2D eigenvalue weighted by atomic mass is 16.3. The molecule has 0 aliphatic heterocycles. The first-order valence-corrected chi connectivity index (χ1v) is 5.57. The summed E-state index contributed by atoms with van der Waals surface area (Å²) < 4.78 is 0. The van der Waals surface area contributed by atoms with Gasteiger partial charge in [0.2, 0.25) is 0 Å². The van der Waals surface area contributed by atoms with Gasteiger partial charge >= 0.3 is 0 Å². The molecule has 1 amide bonds. The smallest absolute Gasteiger partial charge is 0.251 e. The molecule has 0 aromatic carbocycles. The summed E-state index contributed by atoms with van der Waals surface area (Å²) in [7, 11) is 0. The SMILES string of the molecule is CCCNC(=O)C(N=O)C(N=O)c1cccnc1. The van der Waals surface area contributed by atoms with Gasteiger partial charge in [-0.3, -0.25) is 9.78 Å². The summed E-state index contributed by atoms with van der Waals surface area (Å²) in [5, 5.41) is 8.03. The molecule has 0 spiro atoms. The van der Waals surface area contributed by atoms with Crippen molar-refractivity contribution in [1.82, 2.24) is 10.3 Å². The third kappa shape index (κ3) is 3.41. The summed E-state index contributed by atoms with van der Waals surface area (Å²) in [4.78, 5) is 37.1. The van der Waals surface area contributed by atoms with E-state index in [0.29, 0.717) is 12.1 Å². The van der Waals surface area contributed by atoms with Crippen LogP contribution in [-0.2, 0) is 4.79 Å². The number of aromatic nitrogens is 1. The van der Waals surface area contributed by atoms with Gasteiger partial charge in [-0.25, -0.2) is 0 Å². The van der Waals surface area contributed by atoms with Gasteiger partial charge in [0.15, 0.2) is 12.1 Å². The third-order valence-electron chi connectivity index (χ3n) is 2.37. The van der Waals surface area contributed by atoms with Gasteiger partial charge in [0.1, 0.15) is 0 Å². The molecule has 7 heteroatoms. The fourth-order valence-electron chi connectivity index (χ4n) is 1.45. The van der Waals surface area contributed by atoms with Crippen LogP contribution in [0.5, 0.6) is 0 Å². The minimum atomic E-state index is -1.36. The lowest BCUT2D eigenvalue weighted by Gasteiger charge is -2.14. The zero-order valence-electron chi connectivity index (χ0n) is 9.94. The van der Waals surface area contributed by atoms with E-state index in [2.05, 4.69) is 20.7 Å². The molecule has 0 saturated heterocycles. The van der Waals surface area contributed by atoms with Crippen LogP contribution in [-0.4, -0.2) is 23.5 Å². The summed E-state index contributed by atoms with van der Waals surface area (Å²) >= 11 is 0. The lowest BCUT2D eigenvalue weighted by Crippen LogP contribution is -2.37. The van der Waals surface area contributed by atoms with E-state index in [9.17, 15) is 14.6 Å². The average Bonchev–Trinajstić information content (AvgIpc) is 2.42.